The predicted octanol–water partition coefficient (Wildman–Crippen LogP) is 3.96. The molecule has 4 rings (SSSR count). The summed E-state index contributed by atoms with van der Waals surface area (Å²) >= 11 is 5.88. The van der Waals surface area contributed by atoms with E-state index < -0.39 is 12.0 Å². The van der Waals surface area contributed by atoms with Gasteiger partial charge < -0.3 is 24.1 Å². The van der Waals surface area contributed by atoms with Crippen molar-refractivity contribution < 1.29 is 23.5 Å². The maximum Gasteiger partial charge on any atom is 0.291 e. The van der Waals surface area contributed by atoms with E-state index in [1.807, 2.05) is 12.1 Å². The van der Waals surface area contributed by atoms with E-state index in [4.69, 9.17) is 25.5 Å². The lowest BCUT2D eigenvalue weighted by molar-refractivity contribution is -0.122. The second-order valence-electron chi connectivity index (χ2n) is 6.91. The predicted molar refractivity (Wildman–Crippen MR) is 113 cm³/mol. The third-order valence-electron chi connectivity index (χ3n) is 4.83. The molecule has 0 aliphatic carbocycles. The third-order valence-corrected chi connectivity index (χ3v) is 5.08. The lowest BCUT2D eigenvalue weighted by Gasteiger charge is -2.26. The van der Waals surface area contributed by atoms with Crippen molar-refractivity contribution in [2.45, 2.75) is 13.0 Å². The second-order valence-corrected chi connectivity index (χ2v) is 7.35. The SMILES string of the molecule is C[C@H](Oc1ccc(Cl)cc1)C(=O)Nc1c(C(=O)N2CCOCC2)oc2ccccc12. The van der Waals surface area contributed by atoms with Gasteiger partial charge in [-0.15, -0.1) is 0 Å². The Morgan fingerprint density at radius 3 is 2.53 bits per heavy atom. The Hall–Kier alpha value is -3.03. The average molecular weight is 429 g/mol. The van der Waals surface area contributed by atoms with Crippen LogP contribution in [-0.2, 0) is 9.53 Å². The smallest absolute Gasteiger partial charge is 0.291 e. The number of morpholine rings is 1. The number of ether oxygens (including phenoxy) is 2. The first kappa shape index (κ1) is 20.3. The molecule has 156 valence electrons. The topological polar surface area (TPSA) is 81.0 Å². The summed E-state index contributed by atoms with van der Waals surface area (Å²) in [6, 6.07) is 13.9. The zero-order chi connectivity index (χ0) is 21.1. The Morgan fingerprint density at radius 2 is 1.80 bits per heavy atom. The number of hydrogen-bond acceptors (Lipinski definition) is 5. The minimum atomic E-state index is -0.800. The van der Waals surface area contributed by atoms with Crippen LogP contribution in [0.3, 0.4) is 0 Å². The Kier molecular flexibility index (Phi) is 5.92. The normalized spacial score (nSPS) is 15.1. The summed E-state index contributed by atoms with van der Waals surface area (Å²) in [5, 5.41) is 4.06. The number of fused-ring (bicyclic) bond motifs is 1. The zero-order valence-corrected chi connectivity index (χ0v) is 17.1. The van der Waals surface area contributed by atoms with Gasteiger partial charge in [0, 0.05) is 23.5 Å². The Balaban J connectivity index is 1.58. The number of furan rings is 1. The van der Waals surface area contributed by atoms with Crippen molar-refractivity contribution in [3.8, 4) is 5.75 Å². The van der Waals surface area contributed by atoms with Crippen LogP contribution in [0.2, 0.25) is 5.02 Å². The molecule has 2 heterocycles. The number of carbonyl (C=O) groups excluding carboxylic acids is 2. The standard InChI is InChI=1S/C22H21ClN2O5/c1-14(29-16-8-6-15(23)7-9-16)21(26)24-19-17-4-2-3-5-18(17)30-20(19)22(27)25-10-12-28-13-11-25/h2-9,14H,10-13H2,1H3,(H,24,26)/t14-/m0/s1. The summed E-state index contributed by atoms with van der Waals surface area (Å²) < 4.78 is 16.8. The Bertz CT molecular complexity index is 1060. The van der Waals surface area contributed by atoms with Gasteiger partial charge in [0.15, 0.2) is 6.10 Å². The van der Waals surface area contributed by atoms with Crippen molar-refractivity contribution in [3.63, 3.8) is 0 Å². The highest BCUT2D eigenvalue weighted by Gasteiger charge is 2.28. The van der Waals surface area contributed by atoms with Crippen LogP contribution in [0.1, 0.15) is 17.5 Å². The molecule has 0 bridgehead atoms. The first-order chi connectivity index (χ1) is 14.5. The molecule has 0 spiro atoms. The van der Waals surface area contributed by atoms with Gasteiger partial charge in [0.05, 0.1) is 13.2 Å². The molecule has 1 fully saturated rings. The maximum absolute atomic E-state index is 13.0. The van der Waals surface area contributed by atoms with E-state index >= 15 is 0 Å². The summed E-state index contributed by atoms with van der Waals surface area (Å²) in [6.07, 6.45) is -0.800. The number of amides is 2. The fraction of sp³-hybridized carbons (Fsp3) is 0.273. The first-order valence-electron chi connectivity index (χ1n) is 9.64. The maximum atomic E-state index is 13.0. The van der Waals surface area contributed by atoms with Gasteiger partial charge >= 0.3 is 0 Å². The Morgan fingerprint density at radius 1 is 1.10 bits per heavy atom. The molecule has 8 heteroatoms. The molecule has 0 saturated carbocycles. The van der Waals surface area contributed by atoms with Gasteiger partial charge in [0.25, 0.3) is 11.8 Å². The lowest BCUT2D eigenvalue weighted by atomic mass is 10.2. The van der Waals surface area contributed by atoms with Gasteiger partial charge in [-0.05, 0) is 43.3 Å². The van der Waals surface area contributed by atoms with E-state index in [0.29, 0.717) is 53.7 Å². The minimum absolute atomic E-state index is 0.102. The number of carbonyl (C=O) groups is 2. The van der Waals surface area contributed by atoms with Crippen LogP contribution in [0.4, 0.5) is 5.69 Å². The van der Waals surface area contributed by atoms with E-state index in [9.17, 15) is 9.59 Å². The van der Waals surface area contributed by atoms with Crippen molar-refractivity contribution in [1.82, 2.24) is 4.90 Å². The quantitative estimate of drug-likeness (QED) is 0.665. The molecule has 1 saturated heterocycles. The van der Waals surface area contributed by atoms with E-state index in [1.54, 1.807) is 48.2 Å². The van der Waals surface area contributed by atoms with Crippen LogP contribution >= 0.6 is 11.6 Å². The van der Waals surface area contributed by atoms with Crippen molar-refractivity contribution in [1.29, 1.82) is 0 Å². The number of nitrogens with zero attached hydrogens (tertiary/aromatic N) is 1. The van der Waals surface area contributed by atoms with Crippen LogP contribution < -0.4 is 10.1 Å². The van der Waals surface area contributed by atoms with Crippen LogP contribution in [0.5, 0.6) is 5.75 Å². The summed E-state index contributed by atoms with van der Waals surface area (Å²) in [5.41, 5.74) is 0.870. The lowest BCUT2D eigenvalue weighted by Crippen LogP contribution is -2.41. The summed E-state index contributed by atoms with van der Waals surface area (Å²) in [6.45, 7) is 3.52. The molecule has 1 atom stereocenters. The van der Waals surface area contributed by atoms with Gasteiger partial charge in [0.1, 0.15) is 17.0 Å². The van der Waals surface area contributed by atoms with Crippen LogP contribution in [0, 0.1) is 0 Å². The fourth-order valence-corrected chi connectivity index (χ4v) is 3.35. The molecule has 3 aromatic rings. The number of hydrogen-bond donors (Lipinski definition) is 1. The second kappa shape index (κ2) is 8.77. The van der Waals surface area contributed by atoms with Gasteiger partial charge in [-0.3, -0.25) is 9.59 Å². The molecule has 1 aromatic heterocycles. The third kappa shape index (κ3) is 4.27. The monoisotopic (exact) mass is 428 g/mol. The molecule has 1 N–H and O–H groups in total. The molecule has 1 aliphatic heterocycles. The summed E-state index contributed by atoms with van der Waals surface area (Å²) in [7, 11) is 0. The van der Waals surface area contributed by atoms with Gasteiger partial charge in [-0.1, -0.05) is 23.7 Å². The highest BCUT2D eigenvalue weighted by molar-refractivity contribution is 6.30. The molecule has 0 unspecified atom stereocenters. The first-order valence-corrected chi connectivity index (χ1v) is 10.0. The van der Waals surface area contributed by atoms with Crippen LogP contribution in [-0.4, -0.2) is 49.1 Å². The molecular weight excluding hydrogens is 408 g/mol. The molecule has 7 nitrogen and oxygen atoms in total. The highest BCUT2D eigenvalue weighted by atomic mass is 35.5. The number of para-hydroxylation sites is 1. The molecule has 0 radical (unpaired) electrons. The van der Waals surface area contributed by atoms with Gasteiger partial charge in [-0.25, -0.2) is 0 Å². The Labute approximate surface area is 178 Å². The van der Waals surface area contributed by atoms with Crippen molar-refractivity contribution in [2.24, 2.45) is 0 Å². The number of anilines is 1. The average Bonchev–Trinajstić information content (AvgIpc) is 3.13. The number of rotatable bonds is 5. The highest BCUT2D eigenvalue weighted by Crippen LogP contribution is 2.32. The zero-order valence-electron chi connectivity index (χ0n) is 16.4. The van der Waals surface area contributed by atoms with Crippen molar-refractivity contribution >= 4 is 40.1 Å². The van der Waals surface area contributed by atoms with Gasteiger partial charge in [-0.2, -0.15) is 0 Å². The minimum Gasteiger partial charge on any atom is -0.481 e. The number of nitrogens with one attached hydrogen (secondary N) is 1. The van der Waals surface area contributed by atoms with Crippen molar-refractivity contribution in [2.75, 3.05) is 31.6 Å². The summed E-state index contributed by atoms with van der Waals surface area (Å²) in [4.78, 5) is 27.5. The van der Waals surface area contributed by atoms with Gasteiger partial charge in [0.2, 0.25) is 5.76 Å². The van der Waals surface area contributed by atoms with E-state index in [1.165, 1.54) is 0 Å². The number of halogens is 1. The fourth-order valence-electron chi connectivity index (χ4n) is 3.23. The van der Waals surface area contributed by atoms with Crippen LogP contribution in [0.25, 0.3) is 11.0 Å². The molecule has 30 heavy (non-hydrogen) atoms. The molecule has 2 aromatic carbocycles. The largest absolute Gasteiger partial charge is 0.481 e. The van der Waals surface area contributed by atoms with E-state index in [0.717, 1.165) is 0 Å². The van der Waals surface area contributed by atoms with E-state index in [2.05, 4.69) is 5.32 Å². The number of benzene rings is 2. The van der Waals surface area contributed by atoms with Crippen LogP contribution in [0.15, 0.2) is 52.9 Å². The molecule has 2 amide bonds. The molecular formula is C22H21ClN2O5. The molecule has 1 aliphatic rings. The van der Waals surface area contributed by atoms with E-state index in [-0.39, 0.29) is 11.7 Å². The van der Waals surface area contributed by atoms with Crippen molar-refractivity contribution in [3.05, 3.63) is 59.3 Å². The summed E-state index contributed by atoms with van der Waals surface area (Å²) in [5.74, 6) is -0.0579.